The highest BCUT2D eigenvalue weighted by atomic mass is 16.5. The van der Waals surface area contributed by atoms with E-state index in [9.17, 15) is 9.59 Å². The predicted molar refractivity (Wildman–Crippen MR) is 95.9 cm³/mol. The summed E-state index contributed by atoms with van der Waals surface area (Å²) in [5.74, 6) is -0.564. The Hall–Kier alpha value is -2.82. The Kier molecular flexibility index (Phi) is 5.58. The molecule has 0 radical (unpaired) electrons. The van der Waals surface area contributed by atoms with Crippen LogP contribution >= 0.6 is 0 Å². The molecule has 0 fully saturated rings. The van der Waals surface area contributed by atoms with Gasteiger partial charge in [0, 0.05) is 25.5 Å². The van der Waals surface area contributed by atoms with Crippen LogP contribution in [0.4, 0.5) is 11.4 Å². The van der Waals surface area contributed by atoms with Gasteiger partial charge in [-0.25, -0.2) is 4.79 Å². The summed E-state index contributed by atoms with van der Waals surface area (Å²) in [5.41, 5.74) is 3.63. The number of carbonyl (C=O) groups is 2. The van der Waals surface area contributed by atoms with Crippen molar-refractivity contribution in [2.45, 2.75) is 13.8 Å². The average Bonchev–Trinajstić information content (AvgIpc) is 2.55. The van der Waals surface area contributed by atoms with Crippen molar-refractivity contribution in [1.29, 1.82) is 0 Å². The summed E-state index contributed by atoms with van der Waals surface area (Å²) in [6.07, 6.45) is 0. The number of carbonyl (C=O) groups excluding carboxylic acids is 2. The summed E-state index contributed by atoms with van der Waals surface area (Å²) in [4.78, 5) is 26.1. The highest BCUT2D eigenvalue weighted by Crippen LogP contribution is 2.22. The maximum Gasteiger partial charge on any atom is 0.338 e. The van der Waals surface area contributed by atoms with Crippen molar-refractivity contribution in [2.24, 2.45) is 0 Å². The van der Waals surface area contributed by atoms with E-state index in [0.29, 0.717) is 23.4 Å². The van der Waals surface area contributed by atoms with Crippen molar-refractivity contribution in [1.82, 2.24) is 0 Å². The molecule has 5 heteroatoms. The normalized spacial score (nSPS) is 10.2. The fourth-order valence-electron chi connectivity index (χ4n) is 2.31. The summed E-state index contributed by atoms with van der Waals surface area (Å²) in [5, 5.41) is 2.85. The number of amides is 1. The van der Waals surface area contributed by atoms with E-state index in [1.54, 1.807) is 31.2 Å². The number of hydrogen-bond donors (Lipinski definition) is 1. The lowest BCUT2D eigenvalue weighted by atomic mass is 10.1. The predicted octanol–water partition coefficient (Wildman–Crippen LogP) is 3.49. The first-order valence-corrected chi connectivity index (χ1v) is 7.79. The lowest BCUT2D eigenvalue weighted by Crippen LogP contribution is -2.18. The van der Waals surface area contributed by atoms with E-state index in [1.165, 1.54) is 0 Å². The second-order valence-electron chi connectivity index (χ2n) is 5.67. The van der Waals surface area contributed by atoms with Crippen molar-refractivity contribution < 1.29 is 14.3 Å². The van der Waals surface area contributed by atoms with Crippen molar-refractivity contribution in [3.63, 3.8) is 0 Å². The molecule has 2 aromatic carbocycles. The van der Waals surface area contributed by atoms with Gasteiger partial charge >= 0.3 is 5.97 Å². The van der Waals surface area contributed by atoms with Gasteiger partial charge in [-0.15, -0.1) is 0 Å². The van der Waals surface area contributed by atoms with Gasteiger partial charge in [-0.3, -0.25) is 4.79 Å². The highest BCUT2D eigenvalue weighted by Gasteiger charge is 2.14. The molecule has 0 heterocycles. The second-order valence-corrected chi connectivity index (χ2v) is 5.67. The number of ether oxygens (including phenoxy) is 1. The Morgan fingerprint density at radius 2 is 1.75 bits per heavy atom. The maximum atomic E-state index is 12.5. The zero-order valence-electron chi connectivity index (χ0n) is 14.4. The molecular formula is C19H22N2O3. The first-order chi connectivity index (χ1) is 11.4. The Balaban J connectivity index is 2.17. The number of nitrogens with one attached hydrogen (secondary N) is 1. The number of benzene rings is 2. The Labute approximate surface area is 142 Å². The van der Waals surface area contributed by atoms with Crippen LogP contribution in [0.3, 0.4) is 0 Å². The smallest absolute Gasteiger partial charge is 0.338 e. The van der Waals surface area contributed by atoms with E-state index in [2.05, 4.69) is 5.32 Å². The Bertz CT molecular complexity index is 737. The van der Waals surface area contributed by atoms with Gasteiger partial charge < -0.3 is 15.0 Å². The topological polar surface area (TPSA) is 58.6 Å². The van der Waals surface area contributed by atoms with Gasteiger partial charge in [0.15, 0.2) is 0 Å². The van der Waals surface area contributed by atoms with Gasteiger partial charge in [0.2, 0.25) is 0 Å². The largest absolute Gasteiger partial charge is 0.462 e. The quantitative estimate of drug-likeness (QED) is 0.855. The van der Waals surface area contributed by atoms with Crippen LogP contribution in [0.1, 0.15) is 33.2 Å². The molecule has 0 unspecified atom stereocenters. The molecule has 126 valence electrons. The lowest BCUT2D eigenvalue weighted by molar-refractivity contribution is 0.0526. The summed E-state index contributed by atoms with van der Waals surface area (Å²) < 4.78 is 4.94. The van der Waals surface area contributed by atoms with Crippen molar-refractivity contribution in [3.05, 3.63) is 59.2 Å². The van der Waals surface area contributed by atoms with Gasteiger partial charge in [-0.2, -0.15) is 0 Å². The van der Waals surface area contributed by atoms with Crippen LogP contribution in [0.25, 0.3) is 0 Å². The minimum absolute atomic E-state index is 0.192. The molecular weight excluding hydrogens is 304 g/mol. The van der Waals surface area contributed by atoms with E-state index in [4.69, 9.17) is 4.74 Å². The fourth-order valence-corrected chi connectivity index (χ4v) is 2.31. The second kappa shape index (κ2) is 7.64. The van der Waals surface area contributed by atoms with Crippen molar-refractivity contribution in [2.75, 3.05) is 30.9 Å². The van der Waals surface area contributed by atoms with Crippen LogP contribution in [0, 0.1) is 6.92 Å². The minimum Gasteiger partial charge on any atom is -0.462 e. The molecule has 1 amide bonds. The molecule has 0 aliphatic heterocycles. The third-order valence-corrected chi connectivity index (χ3v) is 3.53. The Morgan fingerprint density at radius 3 is 2.33 bits per heavy atom. The summed E-state index contributed by atoms with van der Waals surface area (Å²) >= 11 is 0. The molecule has 0 bridgehead atoms. The number of anilines is 2. The van der Waals surface area contributed by atoms with Crippen molar-refractivity contribution in [3.8, 4) is 0 Å². The SMILES string of the molecule is CCOC(=O)c1ccc(NC(=O)c2ccc(C)cc2N(C)C)cc1. The molecule has 5 nitrogen and oxygen atoms in total. The molecule has 0 aliphatic carbocycles. The Morgan fingerprint density at radius 1 is 1.08 bits per heavy atom. The number of rotatable bonds is 5. The van der Waals surface area contributed by atoms with Gasteiger partial charge in [0.25, 0.3) is 5.91 Å². The highest BCUT2D eigenvalue weighted by molar-refractivity contribution is 6.08. The molecule has 2 aromatic rings. The zero-order chi connectivity index (χ0) is 17.7. The van der Waals surface area contributed by atoms with E-state index < -0.39 is 0 Å². The number of nitrogens with zero attached hydrogens (tertiary/aromatic N) is 1. The standard InChI is InChI=1S/C19H22N2O3/c1-5-24-19(23)14-7-9-15(10-8-14)20-18(22)16-11-6-13(2)12-17(16)21(3)4/h6-12H,5H2,1-4H3,(H,20,22). The van der Waals surface area contributed by atoms with Crippen LogP contribution in [-0.2, 0) is 4.74 Å². The lowest BCUT2D eigenvalue weighted by Gasteiger charge is -2.18. The molecule has 2 rings (SSSR count). The fraction of sp³-hybridized carbons (Fsp3) is 0.263. The van der Waals surface area contributed by atoms with Crippen LogP contribution in [0.15, 0.2) is 42.5 Å². The minimum atomic E-state index is -0.371. The van der Waals surface area contributed by atoms with E-state index in [-0.39, 0.29) is 11.9 Å². The average molecular weight is 326 g/mol. The van der Waals surface area contributed by atoms with Crippen LogP contribution in [0.5, 0.6) is 0 Å². The van der Waals surface area contributed by atoms with Gasteiger partial charge in [0.1, 0.15) is 0 Å². The third-order valence-electron chi connectivity index (χ3n) is 3.53. The van der Waals surface area contributed by atoms with Crippen LogP contribution < -0.4 is 10.2 Å². The van der Waals surface area contributed by atoms with E-state index in [0.717, 1.165) is 11.3 Å². The summed E-state index contributed by atoms with van der Waals surface area (Å²) in [6, 6.07) is 12.3. The molecule has 0 spiro atoms. The first kappa shape index (κ1) is 17.5. The molecule has 24 heavy (non-hydrogen) atoms. The maximum absolute atomic E-state index is 12.5. The van der Waals surface area contributed by atoms with Gasteiger partial charge in [-0.05, 0) is 55.8 Å². The first-order valence-electron chi connectivity index (χ1n) is 7.79. The van der Waals surface area contributed by atoms with Crippen molar-refractivity contribution >= 4 is 23.3 Å². The molecule has 0 saturated heterocycles. The van der Waals surface area contributed by atoms with Crippen LogP contribution in [-0.4, -0.2) is 32.6 Å². The molecule has 0 aliphatic rings. The van der Waals surface area contributed by atoms with Crippen LogP contribution in [0.2, 0.25) is 0 Å². The van der Waals surface area contributed by atoms with Gasteiger partial charge in [0.05, 0.1) is 17.7 Å². The summed E-state index contributed by atoms with van der Waals surface area (Å²) in [7, 11) is 3.80. The molecule has 0 aromatic heterocycles. The summed E-state index contributed by atoms with van der Waals surface area (Å²) in [6.45, 7) is 4.08. The van der Waals surface area contributed by atoms with E-state index >= 15 is 0 Å². The number of hydrogen-bond acceptors (Lipinski definition) is 4. The molecule has 0 atom stereocenters. The number of esters is 1. The zero-order valence-corrected chi connectivity index (χ0v) is 14.4. The molecule has 0 saturated carbocycles. The van der Waals surface area contributed by atoms with Gasteiger partial charge in [-0.1, -0.05) is 6.07 Å². The number of aryl methyl sites for hydroxylation is 1. The third kappa shape index (κ3) is 4.13. The monoisotopic (exact) mass is 326 g/mol. The molecule has 1 N–H and O–H groups in total. The van der Waals surface area contributed by atoms with E-state index in [1.807, 2.05) is 44.1 Å².